The molecule has 108 valence electrons. The van der Waals surface area contributed by atoms with Crippen LogP contribution in [-0.2, 0) is 9.53 Å². The minimum Gasteiger partial charge on any atom is -0.465 e. The smallest absolute Gasteiger partial charge is 0.326 e. The van der Waals surface area contributed by atoms with Crippen LogP contribution >= 0.6 is 0 Å². The third kappa shape index (κ3) is 5.83. The van der Waals surface area contributed by atoms with Crippen LogP contribution in [0.15, 0.2) is 0 Å². The molecule has 0 aliphatic heterocycles. The lowest BCUT2D eigenvalue weighted by Crippen LogP contribution is -2.54. The van der Waals surface area contributed by atoms with Gasteiger partial charge < -0.3 is 9.64 Å². The fourth-order valence-corrected chi connectivity index (χ4v) is 2.08. The monoisotopic (exact) mass is 258 g/mol. The van der Waals surface area contributed by atoms with Gasteiger partial charge in [-0.1, -0.05) is 13.8 Å². The van der Waals surface area contributed by atoms with Gasteiger partial charge in [-0.15, -0.1) is 0 Å². The molecule has 0 saturated carbocycles. The van der Waals surface area contributed by atoms with Gasteiger partial charge in [0.15, 0.2) is 0 Å². The molecule has 0 rings (SSSR count). The van der Waals surface area contributed by atoms with Crippen molar-refractivity contribution in [3.8, 4) is 0 Å². The van der Waals surface area contributed by atoms with Crippen LogP contribution < -0.4 is 5.32 Å². The fraction of sp³-hybridized carbons (Fsp3) is 0.929. The normalized spacial score (nSPS) is 14.9. The lowest BCUT2D eigenvalue weighted by molar-refractivity contribution is -0.151. The van der Waals surface area contributed by atoms with Crippen molar-refractivity contribution in [2.75, 3.05) is 26.2 Å². The van der Waals surface area contributed by atoms with Gasteiger partial charge in [0.05, 0.1) is 6.61 Å². The van der Waals surface area contributed by atoms with E-state index < -0.39 is 5.54 Å². The number of hydrogen-bond acceptors (Lipinski definition) is 4. The van der Waals surface area contributed by atoms with Crippen LogP contribution in [-0.4, -0.2) is 48.7 Å². The number of nitrogens with one attached hydrogen (secondary N) is 1. The topological polar surface area (TPSA) is 41.6 Å². The lowest BCUT2D eigenvalue weighted by Gasteiger charge is -2.32. The molecule has 0 bridgehead atoms. The summed E-state index contributed by atoms with van der Waals surface area (Å²) in [6.45, 7) is 15.5. The molecule has 4 heteroatoms. The fourth-order valence-electron chi connectivity index (χ4n) is 2.08. The second-order valence-corrected chi connectivity index (χ2v) is 5.13. The van der Waals surface area contributed by atoms with E-state index in [0.717, 1.165) is 26.1 Å². The summed E-state index contributed by atoms with van der Waals surface area (Å²) in [5.41, 5.74) is -0.591. The molecule has 1 unspecified atom stereocenters. The minimum atomic E-state index is -0.591. The summed E-state index contributed by atoms with van der Waals surface area (Å²) in [5.74, 6) is -0.147. The number of ether oxygens (including phenoxy) is 1. The Labute approximate surface area is 112 Å². The molecule has 0 fully saturated rings. The molecule has 0 aromatic rings. The third-order valence-electron chi connectivity index (χ3n) is 3.16. The zero-order chi connectivity index (χ0) is 14.2. The summed E-state index contributed by atoms with van der Waals surface area (Å²) in [7, 11) is 0. The Morgan fingerprint density at radius 3 is 2.22 bits per heavy atom. The van der Waals surface area contributed by atoms with E-state index in [-0.39, 0.29) is 12.0 Å². The first-order valence-electron chi connectivity index (χ1n) is 7.06. The molecule has 0 radical (unpaired) electrons. The zero-order valence-electron chi connectivity index (χ0n) is 12.9. The second-order valence-electron chi connectivity index (χ2n) is 5.13. The quantitative estimate of drug-likeness (QED) is 0.643. The molecule has 1 N–H and O–H groups in total. The first-order valence-corrected chi connectivity index (χ1v) is 7.06. The maximum Gasteiger partial charge on any atom is 0.326 e. The highest BCUT2D eigenvalue weighted by Crippen LogP contribution is 2.14. The van der Waals surface area contributed by atoms with Crippen LogP contribution in [0.2, 0.25) is 0 Å². The van der Waals surface area contributed by atoms with E-state index in [1.165, 1.54) is 0 Å². The molecule has 0 spiro atoms. The molecule has 0 amide bonds. The molecule has 0 aliphatic rings. The Hall–Kier alpha value is -0.610. The Morgan fingerprint density at radius 2 is 1.83 bits per heavy atom. The largest absolute Gasteiger partial charge is 0.465 e. The van der Waals surface area contributed by atoms with Crippen LogP contribution in [0.5, 0.6) is 0 Å². The van der Waals surface area contributed by atoms with Crippen LogP contribution in [0.3, 0.4) is 0 Å². The van der Waals surface area contributed by atoms with Crippen LogP contribution in [0.25, 0.3) is 0 Å². The van der Waals surface area contributed by atoms with E-state index >= 15 is 0 Å². The molecule has 0 aromatic heterocycles. The summed E-state index contributed by atoms with van der Waals surface area (Å²) >= 11 is 0. The Balaban J connectivity index is 4.60. The van der Waals surface area contributed by atoms with Crippen LogP contribution in [0, 0.1) is 0 Å². The average molecular weight is 258 g/mol. The van der Waals surface area contributed by atoms with Gasteiger partial charge >= 0.3 is 5.97 Å². The first-order chi connectivity index (χ1) is 8.39. The first kappa shape index (κ1) is 17.4. The van der Waals surface area contributed by atoms with Gasteiger partial charge in [0.2, 0.25) is 0 Å². The van der Waals surface area contributed by atoms with E-state index in [0.29, 0.717) is 6.61 Å². The van der Waals surface area contributed by atoms with E-state index in [1.807, 2.05) is 13.8 Å². The maximum atomic E-state index is 12.1. The van der Waals surface area contributed by atoms with E-state index in [4.69, 9.17) is 4.74 Å². The number of hydrogen-bond donors (Lipinski definition) is 1. The highest BCUT2D eigenvalue weighted by Gasteiger charge is 2.35. The van der Waals surface area contributed by atoms with Crippen molar-refractivity contribution in [1.82, 2.24) is 10.2 Å². The molecule has 0 heterocycles. The minimum absolute atomic E-state index is 0.147. The SMILES string of the molecule is CCOC(=O)C(C)(CCN(CC)CC)NC(C)C. The number of carbonyl (C=O) groups is 1. The van der Waals surface area contributed by atoms with E-state index in [9.17, 15) is 4.79 Å². The highest BCUT2D eigenvalue weighted by atomic mass is 16.5. The predicted molar refractivity (Wildman–Crippen MR) is 75.7 cm³/mol. The van der Waals surface area contributed by atoms with Crippen LogP contribution in [0.4, 0.5) is 0 Å². The van der Waals surface area contributed by atoms with Gasteiger partial charge in [-0.3, -0.25) is 10.1 Å². The summed E-state index contributed by atoms with van der Waals surface area (Å²) < 4.78 is 5.19. The van der Waals surface area contributed by atoms with Gasteiger partial charge in [-0.2, -0.15) is 0 Å². The van der Waals surface area contributed by atoms with Crippen molar-refractivity contribution in [3.63, 3.8) is 0 Å². The molecule has 1 atom stereocenters. The summed E-state index contributed by atoms with van der Waals surface area (Å²) in [6, 6.07) is 0.260. The summed E-state index contributed by atoms with van der Waals surface area (Å²) in [4.78, 5) is 14.4. The average Bonchev–Trinajstić information content (AvgIpc) is 2.29. The number of esters is 1. The van der Waals surface area contributed by atoms with Crippen molar-refractivity contribution in [1.29, 1.82) is 0 Å². The zero-order valence-corrected chi connectivity index (χ0v) is 12.9. The Bertz CT molecular complexity index is 240. The number of nitrogens with zero attached hydrogens (tertiary/aromatic N) is 1. The molecular formula is C14H30N2O2. The molecule has 0 aromatic carbocycles. The molecule has 18 heavy (non-hydrogen) atoms. The van der Waals surface area contributed by atoms with Gasteiger partial charge in [0, 0.05) is 12.6 Å². The Kier molecular flexibility index (Phi) is 8.20. The van der Waals surface area contributed by atoms with Crippen molar-refractivity contribution in [2.24, 2.45) is 0 Å². The number of carbonyl (C=O) groups excluding carboxylic acids is 1. The molecule has 0 aliphatic carbocycles. The second kappa shape index (κ2) is 8.48. The van der Waals surface area contributed by atoms with Crippen molar-refractivity contribution in [3.05, 3.63) is 0 Å². The van der Waals surface area contributed by atoms with Gasteiger partial charge in [-0.25, -0.2) is 0 Å². The summed E-state index contributed by atoms with van der Waals surface area (Å²) in [5, 5.41) is 3.34. The highest BCUT2D eigenvalue weighted by molar-refractivity contribution is 5.80. The van der Waals surface area contributed by atoms with E-state index in [2.05, 4.69) is 37.9 Å². The van der Waals surface area contributed by atoms with Gasteiger partial charge in [0.25, 0.3) is 0 Å². The number of rotatable bonds is 9. The van der Waals surface area contributed by atoms with Gasteiger partial charge in [-0.05, 0) is 47.2 Å². The predicted octanol–water partition coefficient (Wildman–Crippen LogP) is 2.04. The summed E-state index contributed by atoms with van der Waals surface area (Å²) in [6.07, 6.45) is 0.770. The van der Waals surface area contributed by atoms with Crippen molar-refractivity contribution < 1.29 is 9.53 Å². The third-order valence-corrected chi connectivity index (χ3v) is 3.16. The van der Waals surface area contributed by atoms with Gasteiger partial charge in [0.1, 0.15) is 5.54 Å². The molecular weight excluding hydrogens is 228 g/mol. The maximum absolute atomic E-state index is 12.1. The Morgan fingerprint density at radius 1 is 1.28 bits per heavy atom. The van der Waals surface area contributed by atoms with E-state index in [1.54, 1.807) is 0 Å². The van der Waals surface area contributed by atoms with Crippen molar-refractivity contribution >= 4 is 5.97 Å². The molecule has 0 saturated heterocycles. The standard InChI is InChI=1S/C14H30N2O2/c1-7-16(8-2)11-10-14(6,15-12(4)5)13(17)18-9-3/h12,15H,7-11H2,1-6H3. The van der Waals surface area contributed by atoms with Crippen LogP contribution in [0.1, 0.15) is 48.0 Å². The molecule has 4 nitrogen and oxygen atoms in total. The lowest BCUT2D eigenvalue weighted by atomic mass is 9.96. The van der Waals surface area contributed by atoms with Crippen molar-refractivity contribution in [2.45, 2.75) is 59.5 Å².